The lowest BCUT2D eigenvalue weighted by atomic mass is 9.51. The van der Waals surface area contributed by atoms with Gasteiger partial charge in [0.05, 0.1) is 13.5 Å². The van der Waals surface area contributed by atoms with Crippen molar-refractivity contribution in [3.63, 3.8) is 0 Å². The van der Waals surface area contributed by atoms with Gasteiger partial charge in [0, 0.05) is 17.8 Å². The minimum absolute atomic E-state index is 0.139. The highest BCUT2D eigenvalue weighted by Crippen LogP contribution is 2.59. The molecule has 4 bridgehead atoms. The second-order valence-corrected chi connectivity index (χ2v) is 6.18. The molecule has 2 unspecified atom stereocenters. The number of carbonyl (C=O) groups excluding carboxylic acids is 1. The lowest BCUT2D eigenvalue weighted by Gasteiger charge is -2.56. The van der Waals surface area contributed by atoms with Crippen molar-refractivity contribution < 1.29 is 19.2 Å². The fraction of sp³-hybridized carbons (Fsp3) is 0.917. The minimum Gasteiger partial charge on any atom is -0.438 e. The van der Waals surface area contributed by atoms with Gasteiger partial charge in [0.15, 0.2) is 0 Å². The van der Waals surface area contributed by atoms with Crippen LogP contribution in [0.1, 0.15) is 38.5 Å². The van der Waals surface area contributed by atoms with Gasteiger partial charge in [-0.25, -0.2) is 4.79 Å². The van der Waals surface area contributed by atoms with Gasteiger partial charge in [-0.3, -0.25) is 10.1 Å². The van der Waals surface area contributed by atoms with E-state index >= 15 is 0 Å². The number of carbonyl (C=O) groups is 1. The molecule has 18 heavy (non-hydrogen) atoms. The summed E-state index contributed by atoms with van der Waals surface area (Å²) in [4.78, 5) is 22.6. The molecule has 0 amide bonds. The summed E-state index contributed by atoms with van der Waals surface area (Å²) in [5, 5.41) is 11.4. The largest absolute Gasteiger partial charge is 0.508 e. The van der Waals surface area contributed by atoms with Crippen molar-refractivity contribution in [3.8, 4) is 0 Å². The second-order valence-electron chi connectivity index (χ2n) is 6.18. The monoisotopic (exact) mass is 255 g/mol. The van der Waals surface area contributed by atoms with Crippen LogP contribution in [0.15, 0.2) is 0 Å². The molecule has 4 aliphatic rings. The predicted molar refractivity (Wildman–Crippen MR) is 60.6 cm³/mol. The Morgan fingerprint density at radius 1 is 1.28 bits per heavy atom. The summed E-state index contributed by atoms with van der Waals surface area (Å²) < 4.78 is 9.96. The van der Waals surface area contributed by atoms with Crippen molar-refractivity contribution in [3.05, 3.63) is 10.1 Å². The Morgan fingerprint density at radius 3 is 2.39 bits per heavy atom. The van der Waals surface area contributed by atoms with Crippen LogP contribution in [0.5, 0.6) is 0 Å². The highest BCUT2D eigenvalue weighted by Gasteiger charge is 2.65. The maximum atomic E-state index is 11.4. The van der Waals surface area contributed by atoms with Gasteiger partial charge >= 0.3 is 6.16 Å². The van der Waals surface area contributed by atoms with Gasteiger partial charge in [-0.1, -0.05) is 0 Å². The molecule has 4 aliphatic carbocycles. The smallest absolute Gasteiger partial charge is 0.438 e. The number of nitrogens with zero attached hydrogens (tertiary/aromatic N) is 1. The molecular weight excluding hydrogens is 238 g/mol. The van der Waals surface area contributed by atoms with Crippen molar-refractivity contribution in [2.75, 3.05) is 7.11 Å². The Labute approximate surface area is 105 Å². The first-order valence-corrected chi connectivity index (χ1v) is 6.38. The Kier molecular flexibility index (Phi) is 2.34. The molecule has 4 saturated carbocycles. The first-order valence-electron chi connectivity index (χ1n) is 6.38. The lowest BCUT2D eigenvalue weighted by molar-refractivity contribution is -0.592. The molecule has 0 aromatic carbocycles. The molecule has 0 spiro atoms. The summed E-state index contributed by atoms with van der Waals surface area (Å²) in [6, 6.07) is 0. The van der Waals surface area contributed by atoms with Crippen molar-refractivity contribution in [2.45, 2.75) is 49.7 Å². The number of hydrogen-bond donors (Lipinski definition) is 0. The minimum atomic E-state index is -0.863. The summed E-state index contributed by atoms with van der Waals surface area (Å²) in [5.74, 6) is 0.641. The van der Waals surface area contributed by atoms with Gasteiger partial charge < -0.3 is 9.47 Å². The number of methoxy groups -OCH3 is 1. The third-order valence-electron chi connectivity index (χ3n) is 4.83. The fourth-order valence-electron chi connectivity index (χ4n) is 4.68. The summed E-state index contributed by atoms with van der Waals surface area (Å²) in [7, 11) is 1.27. The van der Waals surface area contributed by atoms with E-state index in [0.717, 1.165) is 19.3 Å². The van der Waals surface area contributed by atoms with Crippen molar-refractivity contribution in [1.29, 1.82) is 0 Å². The van der Waals surface area contributed by atoms with E-state index in [2.05, 4.69) is 4.74 Å². The average Bonchev–Trinajstić information content (AvgIpc) is 2.26. The van der Waals surface area contributed by atoms with Gasteiger partial charge in [0.2, 0.25) is 5.54 Å². The quantitative estimate of drug-likeness (QED) is 0.429. The summed E-state index contributed by atoms with van der Waals surface area (Å²) in [6.45, 7) is 0. The zero-order valence-corrected chi connectivity index (χ0v) is 10.4. The van der Waals surface area contributed by atoms with Crippen LogP contribution in [-0.4, -0.2) is 29.3 Å². The number of hydrogen-bond acceptors (Lipinski definition) is 5. The van der Waals surface area contributed by atoms with Gasteiger partial charge in [-0.05, 0) is 31.1 Å². The molecule has 0 heterocycles. The van der Waals surface area contributed by atoms with E-state index in [1.807, 2.05) is 0 Å². The van der Waals surface area contributed by atoms with E-state index in [-0.39, 0.29) is 4.92 Å². The second kappa shape index (κ2) is 3.59. The summed E-state index contributed by atoms with van der Waals surface area (Å²) >= 11 is 0. The first-order chi connectivity index (χ1) is 8.47. The molecule has 0 aromatic rings. The van der Waals surface area contributed by atoms with Crippen molar-refractivity contribution >= 4 is 6.16 Å². The molecule has 6 nitrogen and oxygen atoms in total. The van der Waals surface area contributed by atoms with E-state index in [9.17, 15) is 14.9 Å². The summed E-state index contributed by atoms with van der Waals surface area (Å²) in [5.41, 5.74) is -1.51. The third-order valence-corrected chi connectivity index (χ3v) is 4.83. The molecule has 0 aliphatic heterocycles. The molecule has 6 heteroatoms. The van der Waals surface area contributed by atoms with Crippen LogP contribution in [0.2, 0.25) is 0 Å². The van der Waals surface area contributed by atoms with E-state index in [1.165, 1.54) is 7.11 Å². The lowest BCUT2D eigenvalue weighted by Crippen LogP contribution is -2.63. The highest BCUT2D eigenvalue weighted by atomic mass is 16.7. The van der Waals surface area contributed by atoms with Gasteiger partial charge in [0.1, 0.15) is 5.60 Å². The van der Waals surface area contributed by atoms with Crippen LogP contribution in [0.4, 0.5) is 4.79 Å². The maximum absolute atomic E-state index is 11.4. The van der Waals surface area contributed by atoms with Crippen LogP contribution in [0, 0.1) is 22.0 Å². The van der Waals surface area contributed by atoms with Gasteiger partial charge in [-0.15, -0.1) is 0 Å². The van der Waals surface area contributed by atoms with Crippen LogP contribution in [0.25, 0.3) is 0 Å². The van der Waals surface area contributed by atoms with Crippen molar-refractivity contribution in [1.82, 2.24) is 0 Å². The van der Waals surface area contributed by atoms with Gasteiger partial charge in [-0.2, -0.15) is 0 Å². The molecule has 0 aromatic heterocycles. The molecule has 4 rings (SSSR count). The van der Waals surface area contributed by atoms with Crippen LogP contribution >= 0.6 is 0 Å². The first kappa shape index (κ1) is 11.7. The fourth-order valence-corrected chi connectivity index (χ4v) is 4.68. The molecule has 100 valence electrons. The Balaban J connectivity index is 1.89. The molecule has 0 saturated heterocycles. The highest BCUT2D eigenvalue weighted by molar-refractivity contribution is 5.60. The van der Waals surface area contributed by atoms with Crippen molar-refractivity contribution in [2.24, 2.45) is 11.8 Å². The average molecular weight is 255 g/mol. The molecule has 0 N–H and O–H groups in total. The standard InChI is InChI=1S/C12H17NO5/c1-17-10(14)18-12-5-8-2-9(6-12)4-11(3-8,7-12)13(15)16/h8-9H,2-7H2,1H3. The normalized spacial score (nSPS) is 44.7. The van der Waals surface area contributed by atoms with Crippen LogP contribution in [0.3, 0.4) is 0 Å². The van der Waals surface area contributed by atoms with Gasteiger partial charge in [0.25, 0.3) is 0 Å². The SMILES string of the molecule is COC(=O)OC12CC3CC(C1)CC([N+](=O)[O-])(C3)C2. The molecular formula is C12H17NO5. The molecule has 0 radical (unpaired) electrons. The maximum Gasteiger partial charge on any atom is 0.508 e. The van der Waals surface area contributed by atoms with E-state index in [0.29, 0.717) is 31.1 Å². The molecule has 2 atom stereocenters. The van der Waals surface area contributed by atoms with E-state index in [4.69, 9.17) is 4.74 Å². The van der Waals surface area contributed by atoms with Crippen LogP contribution in [-0.2, 0) is 9.47 Å². The predicted octanol–water partition coefficient (Wildman–Crippen LogP) is 2.14. The zero-order chi connectivity index (χ0) is 13.0. The molecule has 4 fully saturated rings. The zero-order valence-electron chi connectivity index (χ0n) is 10.4. The van der Waals surface area contributed by atoms with E-state index in [1.54, 1.807) is 0 Å². The number of nitro groups is 1. The number of rotatable bonds is 2. The topological polar surface area (TPSA) is 78.7 Å². The Hall–Kier alpha value is -1.33. The Morgan fingerprint density at radius 2 is 1.89 bits per heavy atom. The third kappa shape index (κ3) is 1.58. The van der Waals surface area contributed by atoms with E-state index < -0.39 is 17.3 Å². The number of ether oxygens (including phenoxy) is 2. The summed E-state index contributed by atoms with van der Waals surface area (Å²) in [6.07, 6.45) is 3.49. The Bertz CT molecular complexity index is 393. The van der Waals surface area contributed by atoms with Crippen LogP contribution < -0.4 is 0 Å².